The number of hydrogen-bond acceptors (Lipinski definition) is 1. The van der Waals surface area contributed by atoms with E-state index >= 15 is 0 Å². The topological polar surface area (TPSA) is 9.23 Å². The van der Waals surface area contributed by atoms with Crippen LogP contribution in [0.1, 0.15) is 13.8 Å². The van der Waals surface area contributed by atoms with Gasteiger partial charge >= 0.3 is 0 Å². The highest BCUT2D eigenvalue weighted by atomic mass is 16.5. The molecule has 0 rings (SSSR count). The van der Waals surface area contributed by atoms with Gasteiger partial charge in [0.25, 0.3) is 0 Å². The van der Waals surface area contributed by atoms with Gasteiger partial charge in [-0.3, -0.25) is 0 Å². The lowest BCUT2D eigenvalue weighted by Crippen LogP contribution is -1.76. The van der Waals surface area contributed by atoms with Crippen LogP contribution in [0.4, 0.5) is 0 Å². The third-order valence-corrected chi connectivity index (χ3v) is 1.12. The van der Waals surface area contributed by atoms with E-state index in [-0.39, 0.29) is 0 Å². The quantitative estimate of drug-likeness (QED) is 0.321. The molecule has 0 aromatic carbocycles. The van der Waals surface area contributed by atoms with Gasteiger partial charge in [-0.2, -0.15) is 0 Å². The summed E-state index contributed by atoms with van der Waals surface area (Å²) < 4.78 is 4.89. The van der Waals surface area contributed by atoms with E-state index in [1.807, 2.05) is 26.0 Å². The normalized spacial score (nSPS) is 12.6. The van der Waals surface area contributed by atoms with Crippen molar-refractivity contribution in [3.05, 3.63) is 23.5 Å². The summed E-state index contributed by atoms with van der Waals surface area (Å²) in [6.45, 7) is 3.75. The van der Waals surface area contributed by atoms with Gasteiger partial charge in [-0.15, -0.1) is 6.42 Å². The molecule has 0 saturated carbocycles. The molecule has 0 N–H and O–H groups in total. The molecule has 0 aliphatic heterocycles. The molecule has 0 unspecified atom stereocenters. The summed E-state index contributed by atoms with van der Waals surface area (Å²) in [6, 6.07) is 0. The molecule has 0 bridgehead atoms. The molecule has 1 heteroatoms. The van der Waals surface area contributed by atoms with Crippen molar-refractivity contribution in [3.63, 3.8) is 0 Å². The molecule has 10 heavy (non-hydrogen) atoms. The third-order valence-electron chi connectivity index (χ3n) is 1.12. The van der Waals surface area contributed by atoms with Crippen LogP contribution in [0.3, 0.4) is 0 Å². The molecule has 0 radical (unpaired) electrons. The van der Waals surface area contributed by atoms with Crippen molar-refractivity contribution in [2.24, 2.45) is 0 Å². The van der Waals surface area contributed by atoms with Gasteiger partial charge < -0.3 is 4.74 Å². The number of rotatable bonds is 2. The standard InChI is InChI=1S/C9H12O/c1-5-8(2)6-7-9(3)10-4/h1,6-7H,2-4H3/b8-6-,9-7+. The fourth-order valence-corrected chi connectivity index (χ4v) is 0.359. The molecule has 0 atom stereocenters. The van der Waals surface area contributed by atoms with Gasteiger partial charge in [-0.1, -0.05) is 5.92 Å². The summed E-state index contributed by atoms with van der Waals surface area (Å²) >= 11 is 0. The zero-order chi connectivity index (χ0) is 7.98. The van der Waals surface area contributed by atoms with Gasteiger partial charge in [0, 0.05) is 0 Å². The third kappa shape index (κ3) is 3.80. The second kappa shape index (κ2) is 4.69. The maximum absolute atomic E-state index is 5.11. The van der Waals surface area contributed by atoms with Crippen molar-refractivity contribution >= 4 is 0 Å². The molecule has 0 aromatic heterocycles. The second-order valence-electron chi connectivity index (χ2n) is 1.98. The molecule has 0 fully saturated rings. The van der Waals surface area contributed by atoms with Gasteiger partial charge in [0.05, 0.1) is 12.9 Å². The zero-order valence-corrected chi connectivity index (χ0v) is 6.64. The Morgan fingerprint density at radius 1 is 1.40 bits per heavy atom. The highest BCUT2D eigenvalue weighted by Crippen LogP contribution is 1.95. The van der Waals surface area contributed by atoms with Crippen molar-refractivity contribution in [1.29, 1.82) is 0 Å². The highest BCUT2D eigenvalue weighted by molar-refractivity contribution is 5.27. The van der Waals surface area contributed by atoms with Crippen LogP contribution in [-0.2, 0) is 4.74 Å². The first-order valence-corrected chi connectivity index (χ1v) is 3.06. The zero-order valence-electron chi connectivity index (χ0n) is 6.64. The van der Waals surface area contributed by atoms with Gasteiger partial charge in [0.2, 0.25) is 0 Å². The maximum Gasteiger partial charge on any atom is 0.0924 e. The van der Waals surface area contributed by atoms with Crippen molar-refractivity contribution < 1.29 is 4.74 Å². The number of allylic oxidation sites excluding steroid dienone is 4. The lowest BCUT2D eigenvalue weighted by molar-refractivity contribution is 0.294. The number of terminal acetylenes is 1. The summed E-state index contributed by atoms with van der Waals surface area (Å²) in [6.07, 6.45) is 8.80. The van der Waals surface area contributed by atoms with Crippen LogP contribution in [0.5, 0.6) is 0 Å². The molecular formula is C9H12O. The Kier molecular flexibility index (Phi) is 4.15. The summed E-state index contributed by atoms with van der Waals surface area (Å²) in [4.78, 5) is 0. The minimum absolute atomic E-state index is 0.856. The average molecular weight is 136 g/mol. The van der Waals surface area contributed by atoms with Gasteiger partial charge in [-0.05, 0) is 31.6 Å². The number of hydrogen-bond donors (Lipinski definition) is 0. The molecule has 0 saturated heterocycles. The first kappa shape index (κ1) is 8.84. The summed E-state index contributed by atoms with van der Waals surface area (Å²) in [5, 5.41) is 0. The fourth-order valence-electron chi connectivity index (χ4n) is 0.359. The van der Waals surface area contributed by atoms with Crippen molar-refractivity contribution in [2.45, 2.75) is 13.8 Å². The van der Waals surface area contributed by atoms with Crippen LogP contribution in [0, 0.1) is 12.3 Å². The van der Waals surface area contributed by atoms with Crippen molar-refractivity contribution in [1.82, 2.24) is 0 Å². The minimum Gasteiger partial charge on any atom is -0.501 e. The number of methoxy groups -OCH3 is 1. The fraction of sp³-hybridized carbons (Fsp3) is 0.333. The maximum atomic E-state index is 5.11. The molecule has 0 aromatic rings. The Morgan fingerprint density at radius 3 is 2.40 bits per heavy atom. The molecule has 0 aliphatic carbocycles. The Balaban J connectivity index is 4.07. The summed E-state index contributed by atoms with van der Waals surface area (Å²) in [5.74, 6) is 3.36. The number of ether oxygens (including phenoxy) is 1. The first-order valence-electron chi connectivity index (χ1n) is 3.06. The predicted octanol–water partition coefficient (Wildman–Crippen LogP) is 2.12. The van der Waals surface area contributed by atoms with Crippen LogP contribution >= 0.6 is 0 Å². The van der Waals surface area contributed by atoms with Crippen molar-refractivity contribution in [3.8, 4) is 12.3 Å². The van der Waals surface area contributed by atoms with E-state index in [9.17, 15) is 0 Å². The van der Waals surface area contributed by atoms with Gasteiger partial charge in [0.1, 0.15) is 0 Å². The average Bonchev–Trinajstić information content (AvgIpc) is 1.99. The van der Waals surface area contributed by atoms with Gasteiger partial charge in [-0.25, -0.2) is 0 Å². The van der Waals surface area contributed by atoms with E-state index in [4.69, 9.17) is 11.2 Å². The van der Waals surface area contributed by atoms with E-state index in [0.29, 0.717) is 0 Å². The molecular weight excluding hydrogens is 124 g/mol. The molecule has 1 nitrogen and oxygen atoms in total. The Morgan fingerprint density at radius 2 is 2.00 bits per heavy atom. The molecule has 54 valence electrons. The van der Waals surface area contributed by atoms with Crippen LogP contribution < -0.4 is 0 Å². The summed E-state index contributed by atoms with van der Waals surface area (Å²) in [7, 11) is 1.63. The largest absolute Gasteiger partial charge is 0.501 e. The molecule has 0 spiro atoms. The minimum atomic E-state index is 0.856. The van der Waals surface area contributed by atoms with Crippen LogP contribution in [0.15, 0.2) is 23.5 Å². The summed E-state index contributed by atoms with van der Waals surface area (Å²) in [5.41, 5.74) is 0.899. The van der Waals surface area contributed by atoms with Crippen molar-refractivity contribution in [2.75, 3.05) is 7.11 Å². The van der Waals surface area contributed by atoms with E-state index in [2.05, 4.69) is 5.92 Å². The van der Waals surface area contributed by atoms with E-state index < -0.39 is 0 Å². The van der Waals surface area contributed by atoms with E-state index in [1.165, 1.54) is 0 Å². The first-order chi connectivity index (χ1) is 4.70. The monoisotopic (exact) mass is 136 g/mol. The highest BCUT2D eigenvalue weighted by Gasteiger charge is 1.80. The molecule has 0 aliphatic rings. The smallest absolute Gasteiger partial charge is 0.0924 e. The Hall–Kier alpha value is -1.16. The SMILES string of the molecule is C#C/C(C)=C\C=C(/C)OC. The second-order valence-corrected chi connectivity index (χ2v) is 1.98. The predicted molar refractivity (Wildman–Crippen MR) is 43.4 cm³/mol. The molecule has 0 amide bonds. The van der Waals surface area contributed by atoms with Gasteiger partial charge in [0.15, 0.2) is 0 Å². The van der Waals surface area contributed by atoms with Crippen LogP contribution in [0.2, 0.25) is 0 Å². The molecule has 0 heterocycles. The van der Waals surface area contributed by atoms with E-state index in [1.54, 1.807) is 7.11 Å². The Bertz CT molecular complexity index is 191. The van der Waals surface area contributed by atoms with E-state index in [0.717, 1.165) is 11.3 Å². The van der Waals surface area contributed by atoms with Crippen LogP contribution in [0.25, 0.3) is 0 Å². The lowest BCUT2D eigenvalue weighted by Gasteiger charge is -1.93. The van der Waals surface area contributed by atoms with Crippen LogP contribution in [-0.4, -0.2) is 7.11 Å². The lowest BCUT2D eigenvalue weighted by atomic mass is 10.3. The Labute approximate surface area is 62.4 Å².